The van der Waals surface area contributed by atoms with Crippen molar-refractivity contribution in [1.82, 2.24) is 14.7 Å². The molecule has 0 radical (unpaired) electrons. The molecule has 0 saturated heterocycles. The zero-order valence-corrected chi connectivity index (χ0v) is 17.2. The molecular weight excluding hydrogens is 388 g/mol. The molecule has 3 rings (SSSR count). The van der Waals surface area contributed by atoms with Gasteiger partial charge in [-0.05, 0) is 57.2 Å². The van der Waals surface area contributed by atoms with Crippen molar-refractivity contribution in [2.75, 3.05) is 5.32 Å². The van der Waals surface area contributed by atoms with E-state index in [9.17, 15) is 13.2 Å². The van der Waals surface area contributed by atoms with Crippen LogP contribution in [0, 0.1) is 0 Å². The topological polar surface area (TPSA) is 101 Å². The Morgan fingerprint density at radius 1 is 1.03 bits per heavy atom. The highest BCUT2D eigenvalue weighted by atomic mass is 32.2. The molecule has 1 amide bonds. The van der Waals surface area contributed by atoms with Crippen molar-refractivity contribution in [2.24, 2.45) is 0 Å². The number of nitrogens with zero attached hydrogens (tertiary/aromatic N) is 2. The van der Waals surface area contributed by atoms with Crippen LogP contribution in [-0.2, 0) is 14.8 Å². The monoisotopic (exact) mass is 410 g/mol. The van der Waals surface area contributed by atoms with E-state index in [1.807, 2.05) is 24.3 Å². The van der Waals surface area contributed by atoms with Crippen molar-refractivity contribution in [3.05, 3.63) is 66.5 Å². The molecule has 7 nitrogen and oxygen atoms in total. The van der Waals surface area contributed by atoms with Gasteiger partial charge < -0.3 is 5.32 Å². The largest absolute Gasteiger partial charge is 0.322 e. The maximum atomic E-state index is 12.5. The molecule has 8 heteroatoms. The minimum Gasteiger partial charge on any atom is -0.322 e. The lowest BCUT2D eigenvalue weighted by molar-refractivity contribution is -0.111. The smallest absolute Gasteiger partial charge is 0.248 e. The van der Waals surface area contributed by atoms with Gasteiger partial charge in [0.15, 0.2) is 0 Å². The molecular formula is C21H22N4O3S. The predicted octanol–water partition coefficient (Wildman–Crippen LogP) is 3.36. The number of nitrogens with one attached hydrogen (secondary N) is 2. The first-order valence-electron chi connectivity index (χ1n) is 8.97. The molecule has 0 unspecified atom stereocenters. The Bertz CT molecular complexity index is 1180. The molecule has 1 aromatic heterocycles. The molecule has 29 heavy (non-hydrogen) atoms. The molecule has 1 heterocycles. The van der Waals surface area contributed by atoms with E-state index in [-0.39, 0.29) is 4.90 Å². The van der Waals surface area contributed by atoms with Crippen LogP contribution in [0.15, 0.2) is 65.7 Å². The van der Waals surface area contributed by atoms with E-state index in [0.29, 0.717) is 11.4 Å². The van der Waals surface area contributed by atoms with Gasteiger partial charge in [-0.3, -0.25) is 9.78 Å². The van der Waals surface area contributed by atoms with Crippen LogP contribution in [0.3, 0.4) is 0 Å². The second-order valence-electron chi connectivity index (χ2n) is 7.49. The van der Waals surface area contributed by atoms with E-state index in [1.54, 1.807) is 45.2 Å². The fourth-order valence-corrected chi connectivity index (χ4v) is 4.06. The highest BCUT2D eigenvalue weighted by molar-refractivity contribution is 7.89. The Morgan fingerprint density at radius 2 is 1.76 bits per heavy atom. The molecule has 0 aliphatic carbocycles. The van der Waals surface area contributed by atoms with Crippen LogP contribution >= 0.6 is 0 Å². The number of carbonyl (C=O) groups is 1. The number of benzene rings is 2. The normalized spacial score (nSPS) is 12.4. The highest BCUT2D eigenvalue weighted by Gasteiger charge is 2.22. The van der Waals surface area contributed by atoms with Crippen LogP contribution < -0.4 is 10.0 Å². The summed E-state index contributed by atoms with van der Waals surface area (Å²) in [7, 11) is -3.69. The molecule has 0 bridgehead atoms. The van der Waals surface area contributed by atoms with Crippen molar-refractivity contribution in [3.8, 4) is 0 Å². The van der Waals surface area contributed by atoms with E-state index in [4.69, 9.17) is 0 Å². The Kier molecular flexibility index (Phi) is 5.76. The Balaban J connectivity index is 1.72. The lowest BCUT2D eigenvalue weighted by Crippen LogP contribution is -2.40. The number of hydrogen-bond donors (Lipinski definition) is 2. The number of anilines is 1. The molecule has 2 aromatic carbocycles. The molecule has 2 N–H and O–H groups in total. The molecule has 0 spiro atoms. The van der Waals surface area contributed by atoms with Gasteiger partial charge in [0.2, 0.25) is 15.9 Å². The van der Waals surface area contributed by atoms with Crippen molar-refractivity contribution < 1.29 is 13.2 Å². The van der Waals surface area contributed by atoms with Crippen LogP contribution in [0.25, 0.3) is 17.1 Å². The Morgan fingerprint density at radius 3 is 2.48 bits per heavy atom. The number of sulfonamides is 1. The summed E-state index contributed by atoms with van der Waals surface area (Å²) in [6.45, 7) is 5.28. The average molecular weight is 410 g/mol. The standard InChI is InChI=1S/C21H22N4O3S/c1-21(2,3)25-29(27,28)17-8-6-7-15(13-17)24-20(26)12-11-16-14-22-18-9-4-5-10-19(18)23-16/h4-14,25H,1-3H3,(H,24,26)/b12-11+. The Hall–Kier alpha value is -3.10. The summed E-state index contributed by atoms with van der Waals surface area (Å²) in [6.07, 6.45) is 4.46. The van der Waals surface area contributed by atoms with Gasteiger partial charge in [0.25, 0.3) is 0 Å². The van der Waals surface area contributed by atoms with Crippen molar-refractivity contribution in [2.45, 2.75) is 31.2 Å². The molecule has 0 aliphatic heterocycles. The molecule has 0 atom stereocenters. The number of carbonyl (C=O) groups excluding carboxylic acids is 1. The van der Waals surface area contributed by atoms with Gasteiger partial charge in [-0.15, -0.1) is 0 Å². The number of fused-ring (bicyclic) bond motifs is 1. The zero-order valence-electron chi connectivity index (χ0n) is 16.4. The summed E-state index contributed by atoms with van der Waals surface area (Å²) in [5, 5.41) is 2.66. The van der Waals surface area contributed by atoms with Gasteiger partial charge in [0.05, 0.1) is 27.8 Å². The summed E-state index contributed by atoms with van der Waals surface area (Å²) in [5.74, 6) is -0.404. The van der Waals surface area contributed by atoms with E-state index in [0.717, 1.165) is 11.0 Å². The first-order chi connectivity index (χ1) is 13.6. The number of para-hydroxylation sites is 2. The van der Waals surface area contributed by atoms with Gasteiger partial charge >= 0.3 is 0 Å². The number of aromatic nitrogens is 2. The van der Waals surface area contributed by atoms with E-state index >= 15 is 0 Å². The second-order valence-corrected chi connectivity index (χ2v) is 9.17. The zero-order chi connectivity index (χ0) is 21.1. The summed E-state index contributed by atoms with van der Waals surface area (Å²) in [4.78, 5) is 21.0. The van der Waals surface area contributed by atoms with Crippen LogP contribution in [0.5, 0.6) is 0 Å². The third kappa shape index (κ3) is 5.69. The average Bonchev–Trinajstić information content (AvgIpc) is 2.64. The van der Waals surface area contributed by atoms with Crippen molar-refractivity contribution in [1.29, 1.82) is 0 Å². The van der Waals surface area contributed by atoms with E-state index < -0.39 is 21.5 Å². The van der Waals surface area contributed by atoms with Crippen LogP contribution in [0.1, 0.15) is 26.5 Å². The van der Waals surface area contributed by atoms with Crippen LogP contribution in [0.2, 0.25) is 0 Å². The summed E-state index contributed by atoms with van der Waals surface area (Å²) >= 11 is 0. The first-order valence-corrected chi connectivity index (χ1v) is 10.5. The predicted molar refractivity (Wildman–Crippen MR) is 114 cm³/mol. The summed E-state index contributed by atoms with van der Waals surface area (Å²) in [6, 6.07) is 13.5. The number of amides is 1. The lowest BCUT2D eigenvalue weighted by atomic mass is 10.1. The van der Waals surface area contributed by atoms with Crippen molar-refractivity contribution in [3.63, 3.8) is 0 Å². The number of hydrogen-bond acceptors (Lipinski definition) is 5. The van der Waals surface area contributed by atoms with Gasteiger partial charge in [-0.2, -0.15) is 0 Å². The Labute approximate surface area is 169 Å². The second kappa shape index (κ2) is 8.10. The van der Waals surface area contributed by atoms with Crippen LogP contribution in [0.4, 0.5) is 5.69 Å². The molecule has 0 aliphatic rings. The maximum absolute atomic E-state index is 12.5. The first kappa shape index (κ1) is 20.6. The van der Waals surface area contributed by atoms with Gasteiger partial charge in [0.1, 0.15) is 0 Å². The lowest BCUT2D eigenvalue weighted by Gasteiger charge is -2.20. The fourth-order valence-electron chi connectivity index (χ4n) is 2.60. The maximum Gasteiger partial charge on any atom is 0.248 e. The highest BCUT2D eigenvalue weighted by Crippen LogP contribution is 2.17. The minimum absolute atomic E-state index is 0.0783. The number of rotatable bonds is 5. The third-order valence-electron chi connectivity index (χ3n) is 3.73. The summed E-state index contributed by atoms with van der Waals surface area (Å²) < 4.78 is 27.5. The van der Waals surface area contributed by atoms with E-state index in [1.165, 1.54) is 18.2 Å². The van der Waals surface area contributed by atoms with Gasteiger partial charge in [-0.25, -0.2) is 18.1 Å². The fraction of sp³-hybridized carbons (Fsp3) is 0.190. The molecule has 150 valence electrons. The van der Waals surface area contributed by atoms with E-state index in [2.05, 4.69) is 20.0 Å². The molecule has 0 saturated carbocycles. The molecule has 0 fully saturated rings. The third-order valence-corrected chi connectivity index (χ3v) is 5.48. The van der Waals surface area contributed by atoms with Crippen molar-refractivity contribution >= 4 is 38.7 Å². The van der Waals surface area contributed by atoms with Gasteiger partial charge in [-0.1, -0.05) is 18.2 Å². The minimum atomic E-state index is -3.69. The van der Waals surface area contributed by atoms with Gasteiger partial charge in [0, 0.05) is 17.3 Å². The molecule has 3 aromatic rings. The quantitative estimate of drug-likeness (QED) is 0.628. The SMILES string of the molecule is CC(C)(C)NS(=O)(=O)c1cccc(NC(=O)/C=C/c2cnc3ccccc3n2)c1. The summed E-state index contributed by atoms with van der Waals surface area (Å²) in [5.41, 5.74) is 1.82. The van der Waals surface area contributed by atoms with Crippen LogP contribution in [-0.4, -0.2) is 29.8 Å².